The molecule has 0 saturated heterocycles. The smallest absolute Gasteiger partial charge is 0.226 e. The van der Waals surface area contributed by atoms with Gasteiger partial charge in [-0.15, -0.1) is 24.0 Å². The zero-order valence-corrected chi connectivity index (χ0v) is 20.9. The number of benzene rings is 1. The zero-order valence-electron chi connectivity index (χ0n) is 18.5. The van der Waals surface area contributed by atoms with Crippen LogP contribution < -0.4 is 16.0 Å². The van der Waals surface area contributed by atoms with E-state index in [1.807, 2.05) is 45.0 Å². The van der Waals surface area contributed by atoms with E-state index >= 15 is 0 Å². The maximum absolute atomic E-state index is 11.8. The third kappa shape index (κ3) is 10.8. The number of hydrogen-bond donors (Lipinski definition) is 4. The van der Waals surface area contributed by atoms with Crippen LogP contribution in [-0.4, -0.2) is 35.7 Å². The van der Waals surface area contributed by atoms with Crippen LogP contribution in [0.2, 0.25) is 0 Å². The first kappa shape index (κ1) is 27.6. The van der Waals surface area contributed by atoms with Crippen LogP contribution in [0, 0.1) is 5.92 Å². The number of guanidine groups is 1. The summed E-state index contributed by atoms with van der Waals surface area (Å²) >= 11 is 0. The normalized spacial score (nSPS) is 11.8. The monoisotopic (exact) mass is 518 g/mol. The largest absolute Gasteiger partial charge is 0.388 e. The lowest BCUT2D eigenvalue weighted by atomic mass is 9.93. The quantitative estimate of drug-likeness (QED) is 0.200. The number of carbonyl (C=O) groups is 1. The van der Waals surface area contributed by atoms with Crippen molar-refractivity contribution >= 4 is 41.5 Å². The van der Waals surface area contributed by atoms with E-state index in [1.165, 1.54) is 0 Å². The average Bonchev–Trinajstić information content (AvgIpc) is 2.65. The van der Waals surface area contributed by atoms with Gasteiger partial charge in [-0.3, -0.25) is 4.79 Å². The molecule has 0 aliphatic rings. The fourth-order valence-electron chi connectivity index (χ4n) is 2.97. The maximum atomic E-state index is 11.8. The van der Waals surface area contributed by atoms with E-state index in [9.17, 15) is 9.90 Å². The molecule has 1 aromatic carbocycles. The second kappa shape index (κ2) is 14.6. The second-order valence-corrected chi connectivity index (χ2v) is 7.61. The minimum Gasteiger partial charge on any atom is -0.388 e. The van der Waals surface area contributed by atoms with Crippen LogP contribution in [-0.2, 0) is 11.3 Å². The molecule has 0 bridgehead atoms. The van der Waals surface area contributed by atoms with Crippen molar-refractivity contribution in [3.05, 3.63) is 29.8 Å². The third-order valence-corrected chi connectivity index (χ3v) is 4.53. The Hall–Kier alpha value is -1.35. The number of halogens is 1. The van der Waals surface area contributed by atoms with E-state index < -0.39 is 5.60 Å². The third-order valence-electron chi connectivity index (χ3n) is 4.53. The molecule has 1 rings (SSSR count). The molecule has 0 aromatic heterocycles. The zero-order chi connectivity index (χ0) is 21.0. The molecule has 0 radical (unpaired) electrons. The molecule has 0 fully saturated rings. The van der Waals surface area contributed by atoms with Crippen molar-refractivity contribution in [3.63, 3.8) is 0 Å². The Labute approximate surface area is 193 Å². The fraction of sp³-hybridized carbons (Fsp3) is 0.636. The van der Waals surface area contributed by atoms with E-state index in [0.29, 0.717) is 19.0 Å². The first-order valence-electron chi connectivity index (χ1n) is 10.5. The Morgan fingerprint density at radius 1 is 1.07 bits per heavy atom. The van der Waals surface area contributed by atoms with Crippen molar-refractivity contribution in [3.8, 4) is 0 Å². The van der Waals surface area contributed by atoms with Crippen molar-refractivity contribution in [2.75, 3.05) is 18.4 Å². The van der Waals surface area contributed by atoms with Gasteiger partial charge in [-0.1, -0.05) is 52.7 Å². The van der Waals surface area contributed by atoms with Gasteiger partial charge in [-0.25, -0.2) is 4.99 Å². The molecule has 1 amide bonds. The molecule has 0 spiro atoms. The summed E-state index contributed by atoms with van der Waals surface area (Å²) in [4.78, 5) is 16.4. The summed E-state index contributed by atoms with van der Waals surface area (Å²) in [6.45, 7) is 11.7. The number of aliphatic imine (C=N–C) groups is 1. The molecule has 1 aromatic rings. The van der Waals surface area contributed by atoms with E-state index in [2.05, 4.69) is 34.8 Å². The lowest BCUT2D eigenvalue weighted by Gasteiger charge is -2.28. The number of anilines is 1. The van der Waals surface area contributed by atoms with Crippen LogP contribution in [0.5, 0.6) is 0 Å². The molecule has 6 nitrogen and oxygen atoms in total. The van der Waals surface area contributed by atoms with Crippen LogP contribution in [0.1, 0.15) is 65.9 Å². The summed E-state index contributed by atoms with van der Waals surface area (Å²) < 4.78 is 0. The molecule has 0 heterocycles. The summed E-state index contributed by atoms with van der Waals surface area (Å²) in [6.07, 6.45) is 3.45. The minimum atomic E-state index is -0.698. The number of carbonyl (C=O) groups excluding carboxylic acids is 1. The predicted molar refractivity (Wildman–Crippen MR) is 133 cm³/mol. The predicted octanol–water partition coefficient (Wildman–Crippen LogP) is 4.29. The van der Waals surface area contributed by atoms with Crippen LogP contribution in [0.15, 0.2) is 29.3 Å². The van der Waals surface area contributed by atoms with E-state index in [1.54, 1.807) is 0 Å². The van der Waals surface area contributed by atoms with Crippen molar-refractivity contribution in [1.29, 1.82) is 0 Å². The number of amides is 1. The second-order valence-electron chi connectivity index (χ2n) is 7.61. The number of nitrogens with one attached hydrogen (secondary N) is 3. The average molecular weight is 518 g/mol. The number of nitrogens with zero attached hydrogens (tertiary/aromatic N) is 1. The SMILES string of the molecule is CCCC(O)(CCC)CNC(=NCc1ccc(NC(=O)C(C)C)cc1)NCC.I. The molecular formula is C22H39IN4O2. The van der Waals surface area contributed by atoms with Gasteiger partial charge in [0.15, 0.2) is 5.96 Å². The maximum Gasteiger partial charge on any atom is 0.226 e. The summed E-state index contributed by atoms with van der Waals surface area (Å²) in [5, 5.41) is 20.2. The van der Waals surface area contributed by atoms with Crippen molar-refractivity contribution in [1.82, 2.24) is 10.6 Å². The number of hydrogen-bond acceptors (Lipinski definition) is 3. The molecule has 29 heavy (non-hydrogen) atoms. The van der Waals surface area contributed by atoms with E-state index in [4.69, 9.17) is 0 Å². The van der Waals surface area contributed by atoms with E-state index in [-0.39, 0.29) is 35.8 Å². The highest BCUT2D eigenvalue weighted by Crippen LogP contribution is 2.18. The van der Waals surface area contributed by atoms with Gasteiger partial charge < -0.3 is 21.1 Å². The number of aliphatic hydroxyl groups is 1. The molecule has 0 aliphatic carbocycles. The highest BCUT2D eigenvalue weighted by Gasteiger charge is 2.24. The lowest BCUT2D eigenvalue weighted by molar-refractivity contribution is -0.118. The van der Waals surface area contributed by atoms with Crippen molar-refractivity contribution < 1.29 is 9.90 Å². The molecule has 166 valence electrons. The van der Waals surface area contributed by atoms with Crippen LogP contribution >= 0.6 is 24.0 Å². The molecule has 4 N–H and O–H groups in total. The minimum absolute atomic E-state index is 0. The van der Waals surface area contributed by atoms with Crippen molar-refractivity contribution in [2.45, 2.75) is 72.4 Å². The first-order chi connectivity index (χ1) is 13.3. The summed E-state index contributed by atoms with van der Waals surface area (Å²) in [5.74, 6) is 0.665. The van der Waals surface area contributed by atoms with Gasteiger partial charge in [0.05, 0.1) is 12.1 Å². The topological polar surface area (TPSA) is 85.8 Å². The van der Waals surface area contributed by atoms with Gasteiger partial charge in [0.25, 0.3) is 0 Å². The van der Waals surface area contributed by atoms with Gasteiger partial charge in [0.1, 0.15) is 0 Å². The highest BCUT2D eigenvalue weighted by molar-refractivity contribution is 14.0. The summed E-state index contributed by atoms with van der Waals surface area (Å²) in [6, 6.07) is 7.72. The summed E-state index contributed by atoms with van der Waals surface area (Å²) in [7, 11) is 0. The molecular weight excluding hydrogens is 479 g/mol. The molecule has 0 saturated carbocycles. The Morgan fingerprint density at radius 3 is 2.14 bits per heavy atom. The van der Waals surface area contributed by atoms with Gasteiger partial charge >= 0.3 is 0 Å². The standard InChI is InChI=1S/C22H38N4O2.HI/c1-6-13-22(28,14-7-2)16-25-21(23-8-3)24-15-18-9-11-19(12-10-18)26-20(27)17(4)5;/h9-12,17,28H,6-8,13-16H2,1-5H3,(H,26,27)(H2,23,24,25);1H. The Balaban J connectivity index is 0.00000784. The molecule has 7 heteroatoms. The van der Waals surface area contributed by atoms with Crippen molar-refractivity contribution in [2.24, 2.45) is 10.9 Å². The Kier molecular flexibility index (Phi) is 13.9. The van der Waals surface area contributed by atoms with Gasteiger partial charge in [0.2, 0.25) is 5.91 Å². The molecule has 0 aliphatic heterocycles. The number of rotatable bonds is 11. The highest BCUT2D eigenvalue weighted by atomic mass is 127. The summed E-state index contributed by atoms with van der Waals surface area (Å²) in [5.41, 5.74) is 1.15. The van der Waals surface area contributed by atoms with Gasteiger partial charge in [-0.05, 0) is 37.5 Å². The Morgan fingerprint density at radius 2 is 1.66 bits per heavy atom. The van der Waals surface area contributed by atoms with Gasteiger partial charge in [0, 0.05) is 24.7 Å². The molecule has 0 atom stereocenters. The first-order valence-corrected chi connectivity index (χ1v) is 10.5. The van der Waals surface area contributed by atoms with Gasteiger partial charge in [-0.2, -0.15) is 0 Å². The van der Waals surface area contributed by atoms with Crippen LogP contribution in [0.4, 0.5) is 5.69 Å². The van der Waals surface area contributed by atoms with Crippen LogP contribution in [0.25, 0.3) is 0 Å². The van der Waals surface area contributed by atoms with Crippen LogP contribution in [0.3, 0.4) is 0 Å². The molecule has 0 unspecified atom stereocenters. The fourth-order valence-corrected chi connectivity index (χ4v) is 2.97. The lowest BCUT2D eigenvalue weighted by Crippen LogP contribution is -2.47. The van der Waals surface area contributed by atoms with E-state index in [0.717, 1.165) is 43.5 Å². The Bertz CT molecular complexity index is 612.